The molecule has 0 aromatic heterocycles. The Morgan fingerprint density at radius 1 is 1.04 bits per heavy atom. The van der Waals surface area contributed by atoms with E-state index in [0.29, 0.717) is 18.7 Å². The van der Waals surface area contributed by atoms with Crippen LogP contribution in [-0.2, 0) is 11.2 Å². The number of para-hydroxylation sites is 1. The third kappa shape index (κ3) is 7.10. The fraction of sp³-hybridized carbons (Fsp3) is 0.263. The van der Waals surface area contributed by atoms with E-state index in [4.69, 9.17) is 4.74 Å². The van der Waals surface area contributed by atoms with Crippen LogP contribution < -0.4 is 25.4 Å². The Bertz CT molecular complexity index is 788. The Hall–Kier alpha value is -3.36. The van der Waals surface area contributed by atoms with Crippen molar-refractivity contribution in [2.45, 2.75) is 13.0 Å². The number of alkyl halides is 2. The first-order valence-corrected chi connectivity index (χ1v) is 8.46. The first kappa shape index (κ1) is 20.9. The van der Waals surface area contributed by atoms with Gasteiger partial charge in [0.25, 0.3) is 0 Å². The second kappa shape index (κ2) is 10.7. The van der Waals surface area contributed by atoms with E-state index in [0.717, 1.165) is 5.56 Å². The van der Waals surface area contributed by atoms with Crippen LogP contribution in [0, 0.1) is 0 Å². The summed E-state index contributed by atoms with van der Waals surface area (Å²) in [4.78, 5) is 23.5. The van der Waals surface area contributed by atoms with Crippen molar-refractivity contribution in [3.8, 4) is 11.5 Å². The highest BCUT2D eigenvalue weighted by molar-refractivity contribution is 5.92. The van der Waals surface area contributed by atoms with E-state index in [2.05, 4.69) is 20.7 Å². The van der Waals surface area contributed by atoms with Gasteiger partial charge in [0.15, 0.2) is 11.5 Å². The van der Waals surface area contributed by atoms with Crippen molar-refractivity contribution in [1.82, 2.24) is 10.6 Å². The second-order valence-corrected chi connectivity index (χ2v) is 5.64. The minimum atomic E-state index is -2.94. The molecule has 0 spiro atoms. The highest BCUT2D eigenvalue weighted by Gasteiger charge is 2.11. The van der Waals surface area contributed by atoms with Crippen molar-refractivity contribution in [2.75, 3.05) is 25.5 Å². The Labute approximate surface area is 161 Å². The number of carbonyl (C=O) groups is 2. The van der Waals surface area contributed by atoms with Gasteiger partial charge in [-0.05, 0) is 36.2 Å². The average Bonchev–Trinajstić information content (AvgIpc) is 2.68. The number of hydrogen-bond donors (Lipinski definition) is 3. The van der Waals surface area contributed by atoms with Crippen molar-refractivity contribution in [3.63, 3.8) is 0 Å². The average molecular weight is 393 g/mol. The Morgan fingerprint density at radius 2 is 1.79 bits per heavy atom. The number of anilines is 1. The molecule has 7 nitrogen and oxygen atoms in total. The van der Waals surface area contributed by atoms with Crippen LogP contribution in [0.15, 0.2) is 48.5 Å². The van der Waals surface area contributed by atoms with Crippen LogP contribution in [0.3, 0.4) is 0 Å². The van der Waals surface area contributed by atoms with Gasteiger partial charge in [-0.25, -0.2) is 4.79 Å². The molecule has 3 N–H and O–H groups in total. The van der Waals surface area contributed by atoms with Crippen LogP contribution >= 0.6 is 0 Å². The third-order valence-corrected chi connectivity index (χ3v) is 3.62. The molecule has 28 heavy (non-hydrogen) atoms. The molecule has 0 aliphatic rings. The summed E-state index contributed by atoms with van der Waals surface area (Å²) in [5.74, 6) is -0.227. The third-order valence-electron chi connectivity index (χ3n) is 3.62. The van der Waals surface area contributed by atoms with Crippen molar-refractivity contribution in [3.05, 3.63) is 54.1 Å². The van der Waals surface area contributed by atoms with E-state index < -0.39 is 12.6 Å². The van der Waals surface area contributed by atoms with E-state index in [1.165, 1.54) is 13.2 Å². The molecule has 0 saturated carbocycles. The highest BCUT2D eigenvalue weighted by atomic mass is 19.3. The molecule has 0 atom stereocenters. The van der Waals surface area contributed by atoms with Crippen molar-refractivity contribution in [2.24, 2.45) is 0 Å². The van der Waals surface area contributed by atoms with Gasteiger partial charge in [0.2, 0.25) is 5.91 Å². The second-order valence-electron chi connectivity index (χ2n) is 5.64. The first-order chi connectivity index (χ1) is 13.5. The number of urea groups is 1. The topological polar surface area (TPSA) is 88.7 Å². The number of amides is 3. The molecule has 2 rings (SSSR count). The van der Waals surface area contributed by atoms with E-state index in [9.17, 15) is 18.4 Å². The molecule has 3 amide bonds. The zero-order chi connectivity index (χ0) is 20.4. The molecule has 0 fully saturated rings. The maximum absolute atomic E-state index is 12.3. The summed E-state index contributed by atoms with van der Waals surface area (Å²) in [6.45, 7) is -2.81. The van der Waals surface area contributed by atoms with Gasteiger partial charge in [0.05, 0.1) is 13.7 Å². The van der Waals surface area contributed by atoms with Crippen molar-refractivity contribution in [1.29, 1.82) is 0 Å². The quantitative estimate of drug-likeness (QED) is 0.611. The number of nitrogens with one attached hydrogen (secondary N) is 3. The largest absolute Gasteiger partial charge is 0.493 e. The number of ether oxygens (including phenoxy) is 2. The van der Waals surface area contributed by atoms with E-state index in [-0.39, 0.29) is 24.0 Å². The molecule has 0 saturated heterocycles. The lowest BCUT2D eigenvalue weighted by Gasteiger charge is -2.12. The maximum Gasteiger partial charge on any atom is 0.387 e. The van der Waals surface area contributed by atoms with Crippen molar-refractivity contribution >= 4 is 17.6 Å². The predicted octanol–water partition coefficient (Wildman–Crippen LogP) is 2.78. The molecule has 0 radical (unpaired) electrons. The number of rotatable bonds is 9. The van der Waals surface area contributed by atoms with E-state index >= 15 is 0 Å². The molecule has 9 heteroatoms. The molecule has 0 aliphatic carbocycles. The van der Waals surface area contributed by atoms with Gasteiger partial charge in [-0.1, -0.05) is 24.3 Å². The molecule has 2 aromatic rings. The van der Waals surface area contributed by atoms with Crippen LogP contribution in [0.4, 0.5) is 19.3 Å². The van der Waals surface area contributed by atoms with Crippen LogP contribution in [0.5, 0.6) is 11.5 Å². The Kier molecular flexibility index (Phi) is 8.01. The fourth-order valence-corrected chi connectivity index (χ4v) is 2.33. The summed E-state index contributed by atoms with van der Waals surface area (Å²) in [5.41, 5.74) is 1.39. The highest BCUT2D eigenvalue weighted by Crippen LogP contribution is 2.29. The van der Waals surface area contributed by atoms with Crippen LogP contribution in [0.25, 0.3) is 0 Å². The van der Waals surface area contributed by atoms with Crippen molar-refractivity contribution < 1.29 is 27.8 Å². The molecule has 0 aliphatic heterocycles. The molecule has 0 unspecified atom stereocenters. The summed E-state index contributed by atoms with van der Waals surface area (Å²) in [6.07, 6.45) is 0.452. The molecule has 2 aromatic carbocycles. The Morgan fingerprint density at radius 3 is 2.46 bits per heavy atom. The van der Waals surface area contributed by atoms with Crippen LogP contribution in [0.2, 0.25) is 0 Å². The summed E-state index contributed by atoms with van der Waals surface area (Å²) in [6, 6.07) is 12.9. The lowest BCUT2D eigenvalue weighted by atomic mass is 10.1. The van der Waals surface area contributed by atoms with Gasteiger partial charge in [0, 0.05) is 12.2 Å². The number of methoxy groups -OCH3 is 1. The van der Waals surface area contributed by atoms with E-state index in [1.807, 2.05) is 6.07 Å². The van der Waals surface area contributed by atoms with Gasteiger partial charge in [-0.2, -0.15) is 8.78 Å². The number of benzene rings is 2. The maximum atomic E-state index is 12.3. The SMILES string of the molecule is COc1cc(CCNC(=O)CNC(=O)Nc2ccccc2)ccc1OC(F)F. The normalized spacial score (nSPS) is 10.3. The lowest BCUT2D eigenvalue weighted by molar-refractivity contribution is -0.120. The monoisotopic (exact) mass is 393 g/mol. The minimum absolute atomic E-state index is 0.0566. The lowest BCUT2D eigenvalue weighted by Crippen LogP contribution is -2.39. The van der Waals surface area contributed by atoms with Gasteiger partial charge in [-0.15, -0.1) is 0 Å². The van der Waals surface area contributed by atoms with Gasteiger partial charge >= 0.3 is 12.6 Å². The predicted molar refractivity (Wildman–Crippen MR) is 99.8 cm³/mol. The smallest absolute Gasteiger partial charge is 0.387 e. The molecule has 0 heterocycles. The summed E-state index contributed by atoms with van der Waals surface area (Å²) in [7, 11) is 1.35. The standard InChI is InChI=1S/C19H21F2N3O4/c1-27-16-11-13(7-8-15(16)28-18(20)21)9-10-22-17(25)12-23-19(26)24-14-5-3-2-4-6-14/h2-8,11,18H,9-10,12H2,1H3,(H,22,25)(H2,23,24,26). The van der Waals surface area contributed by atoms with Gasteiger partial charge in [-0.3, -0.25) is 4.79 Å². The first-order valence-electron chi connectivity index (χ1n) is 8.46. The summed E-state index contributed by atoms with van der Waals surface area (Å²) < 4.78 is 34.0. The molecular formula is C19H21F2N3O4. The van der Waals surface area contributed by atoms with Crippen LogP contribution in [0.1, 0.15) is 5.56 Å². The fourth-order valence-electron chi connectivity index (χ4n) is 2.33. The number of hydrogen-bond acceptors (Lipinski definition) is 4. The number of carbonyl (C=O) groups excluding carboxylic acids is 2. The van der Waals surface area contributed by atoms with E-state index in [1.54, 1.807) is 36.4 Å². The zero-order valence-electron chi connectivity index (χ0n) is 15.2. The summed E-state index contributed by atoms with van der Waals surface area (Å²) >= 11 is 0. The summed E-state index contributed by atoms with van der Waals surface area (Å²) in [5, 5.41) is 7.72. The Balaban J connectivity index is 1.72. The molecule has 150 valence electrons. The minimum Gasteiger partial charge on any atom is -0.493 e. The zero-order valence-corrected chi connectivity index (χ0v) is 15.2. The van der Waals surface area contributed by atoms with Gasteiger partial charge in [0.1, 0.15) is 0 Å². The van der Waals surface area contributed by atoms with Gasteiger partial charge < -0.3 is 25.4 Å². The number of halogens is 2. The van der Waals surface area contributed by atoms with Crippen LogP contribution in [-0.4, -0.2) is 38.7 Å². The molecular weight excluding hydrogens is 372 g/mol. The molecule has 0 bridgehead atoms.